The van der Waals surface area contributed by atoms with Gasteiger partial charge in [-0.1, -0.05) is 6.92 Å². The Bertz CT molecular complexity index is 507. The third-order valence-electron chi connectivity index (χ3n) is 2.73. The van der Waals surface area contributed by atoms with Gasteiger partial charge in [0.1, 0.15) is 11.6 Å². The SMILES string of the molecule is COc1ccc(F)c(NC(=O)N(C)CC(C)C(=O)O)c1. The lowest BCUT2D eigenvalue weighted by atomic mass is 10.2. The summed E-state index contributed by atoms with van der Waals surface area (Å²) in [4.78, 5) is 23.7. The quantitative estimate of drug-likeness (QED) is 0.867. The summed E-state index contributed by atoms with van der Waals surface area (Å²) in [5, 5.41) is 11.1. The highest BCUT2D eigenvalue weighted by Crippen LogP contribution is 2.21. The van der Waals surface area contributed by atoms with Crippen LogP contribution in [0.1, 0.15) is 6.92 Å². The summed E-state index contributed by atoms with van der Waals surface area (Å²) < 4.78 is 18.5. The summed E-state index contributed by atoms with van der Waals surface area (Å²) in [6, 6.07) is 3.36. The fraction of sp³-hybridized carbons (Fsp3) is 0.385. The number of urea groups is 1. The average molecular weight is 284 g/mol. The van der Waals surface area contributed by atoms with E-state index in [2.05, 4.69) is 5.32 Å². The Morgan fingerprint density at radius 1 is 1.50 bits per heavy atom. The lowest BCUT2D eigenvalue weighted by molar-refractivity contribution is -0.141. The van der Waals surface area contributed by atoms with Crippen LogP contribution >= 0.6 is 0 Å². The van der Waals surface area contributed by atoms with Crippen molar-refractivity contribution in [2.24, 2.45) is 5.92 Å². The maximum absolute atomic E-state index is 13.5. The molecule has 2 amide bonds. The van der Waals surface area contributed by atoms with Gasteiger partial charge >= 0.3 is 12.0 Å². The van der Waals surface area contributed by atoms with E-state index in [0.29, 0.717) is 5.75 Å². The second kappa shape index (κ2) is 6.74. The van der Waals surface area contributed by atoms with Gasteiger partial charge in [-0.05, 0) is 12.1 Å². The van der Waals surface area contributed by atoms with E-state index >= 15 is 0 Å². The van der Waals surface area contributed by atoms with Crippen LogP contribution in [0.4, 0.5) is 14.9 Å². The average Bonchev–Trinajstić information content (AvgIpc) is 2.40. The van der Waals surface area contributed by atoms with Crippen LogP contribution < -0.4 is 10.1 Å². The molecule has 1 atom stereocenters. The van der Waals surface area contributed by atoms with Crippen LogP contribution in [0.2, 0.25) is 0 Å². The fourth-order valence-corrected chi connectivity index (χ4v) is 1.51. The molecule has 7 heteroatoms. The number of carbonyl (C=O) groups is 2. The molecule has 0 aliphatic carbocycles. The molecule has 0 saturated heterocycles. The third kappa shape index (κ3) is 4.11. The number of methoxy groups -OCH3 is 1. The summed E-state index contributed by atoms with van der Waals surface area (Å²) in [5.74, 6) is -1.90. The van der Waals surface area contributed by atoms with E-state index in [0.717, 1.165) is 0 Å². The maximum atomic E-state index is 13.5. The minimum absolute atomic E-state index is 0.0206. The number of amides is 2. The van der Waals surface area contributed by atoms with Gasteiger partial charge in [0.25, 0.3) is 0 Å². The van der Waals surface area contributed by atoms with Crippen LogP contribution in [-0.2, 0) is 4.79 Å². The van der Waals surface area contributed by atoms with Crippen molar-refractivity contribution in [3.8, 4) is 5.75 Å². The van der Waals surface area contributed by atoms with Crippen LogP contribution in [0.15, 0.2) is 18.2 Å². The van der Waals surface area contributed by atoms with E-state index < -0.39 is 23.7 Å². The van der Waals surface area contributed by atoms with Crippen LogP contribution in [-0.4, -0.2) is 42.7 Å². The molecule has 0 aliphatic heterocycles. The van der Waals surface area contributed by atoms with Crippen molar-refractivity contribution in [2.75, 3.05) is 26.0 Å². The normalized spacial score (nSPS) is 11.6. The minimum atomic E-state index is -1.00. The topological polar surface area (TPSA) is 78.9 Å². The molecule has 2 N–H and O–H groups in total. The second-order valence-corrected chi connectivity index (χ2v) is 4.40. The molecule has 110 valence electrons. The molecule has 6 nitrogen and oxygen atoms in total. The standard InChI is InChI=1S/C13H17FN2O4/c1-8(12(17)18)7-16(2)13(19)15-11-6-9(20-3)4-5-10(11)14/h4-6,8H,7H2,1-3H3,(H,15,19)(H,17,18). The van der Waals surface area contributed by atoms with Crippen molar-refractivity contribution in [1.29, 1.82) is 0 Å². The first kappa shape index (κ1) is 15.7. The van der Waals surface area contributed by atoms with Crippen LogP contribution in [0.3, 0.4) is 0 Å². The summed E-state index contributed by atoms with van der Waals surface area (Å²) in [5.41, 5.74) is -0.0239. The molecule has 0 fully saturated rings. The van der Waals surface area contributed by atoms with Gasteiger partial charge in [-0.25, -0.2) is 9.18 Å². The number of halogens is 1. The highest BCUT2D eigenvalue weighted by molar-refractivity contribution is 5.89. The number of rotatable bonds is 5. The zero-order valence-electron chi connectivity index (χ0n) is 11.5. The van der Waals surface area contributed by atoms with E-state index in [9.17, 15) is 14.0 Å². The zero-order valence-corrected chi connectivity index (χ0v) is 11.5. The Kier molecular flexibility index (Phi) is 5.31. The maximum Gasteiger partial charge on any atom is 0.321 e. The number of carboxylic acids is 1. The lowest BCUT2D eigenvalue weighted by Gasteiger charge is -2.20. The molecule has 1 aromatic carbocycles. The number of carbonyl (C=O) groups excluding carboxylic acids is 1. The molecule has 0 spiro atoms. The molecule has 1 aromatic rings. The number of benzene rings is 1. The van der Waals surface area contributed by atoms with E-state index in [4.69, 9.17) is 9.84 Å². The molecule has 1 unspecified atom stereocenters. The number of ether oxygens (including phenoxy) is 1. The summed E-state index contributed by atoms with van der Waals surface area (Å²) in [6.45, 7) is 1.50. The van der Waals surface area contributed by atoms with Gasteiger partial charge in [0, 0.05) is 19.7 Å². The zero-order chi connectivity index (χ0) is 15.3. The largest absolute Gasteiger partial charge is 0.497 e. The van der Waals surface area contributed by atoms with Crippen molar-refractivity contribution in [1.82, 2.24) is 4.90 Å². The van der Waals surface area contributed by atoms with E-state index in [1.54, 1.807) is 0 Å². The van der Waals surface area contributed by atoms with Gasteiger partial charge in [-0.2, -0.15) is 0 Å². The highest BCUT2D eigenvalue weighted by atomic mass is 19.1. The number of nitrogens with zero attached hydrogens (tertiary/aromatic N) is 1. The predicted molar refractivity (Wildman–Crippen MR) is 71.4 cm³/mol. The highest BCUT2D eigenvalue weighted by Gasteiger charge is 2.18. The van der Waals surface area contributed by atoms with Crippen LogP contribution in [0, 0.1) is 11.7 Å². The number of anilines is 1. The van der Waals surface area contributed by atoms with Crippen molar-refractivity contribution in [3.05, 3.63) is 24.0 Å². The van der Waals surface area contributed by atoms with Gasteiger partial charge in [-0.15, -0.1) is 0 Å². The molecule has 0 radical (unpaired) electrons. The molecule has 0 bridgehead atoms. The van der Waals surface area contributed by atoms with E-state index in [-0.39, 0.29) is 12.2 Å². The molecule has 0 heterocycles. The first-order valence-corrected chi connectivity index (χ1v) is 5.93. The van der Waals surface area contributed by atoms with Crippen molar-refractivity contribution < 1.29 is 23.8 Å². The van der Waals surface area contributed by atoms with Crippen LogP contribution in [0.25, 0.3) is 0 Å². The smallest absolute Gasteiger partial charge is 0.321 e. The number of carboxylic acid groups (broad SMARTS) is 1. The first-order valence-electron chi connectivity index (χ1n) is 5.93. The fourth-order valence-electron chi connectivity index (χ4n) is 1.51. The molecule has 0 aromatic heterocycles. The second-order valence-electron chi connectivity index (χ2n) is 4.40. The number of nitrogens with one attached hydrogen (secondary N) is 1. The Labute approximate surface area is 116 Å². The molecular formula is C13H17FN2O4. The van der Waals surface area contributed by atoms with Crippen LogP contribution in [0.5, 0.6) is 5.75 Å². The Morgan fingerprint density at radius 2 is 2.15 bits per heavy atom. The van der Waals surface area contributed by atoms with Gasteiger partial charge in [-0.3, -0.25) is 4.79 Å². The molecule has 0 saturated carbocycles. The summed E-state index contributed by atoms with van der Waals surface area (Å²) in [6.07, 6.45) is 0. The summed E-state index contributed by atoms with van der Waals surface area (Å²) in [7, 11) is 2.87. The number of aliphatic carboxylic acids is 1. The Hall–Kier alpha value is -2.31. The van der Waals surface area contributed by atoms with Gasteiger partial charge in [0.05, 0.1) is 18.7 Å². The Morgan fingerprint density at radius 3 is 2.70 bits per heavy atom. The number of hydrogen-bond donors (Lipinski definition) is 2. The molecule has 0 aliphatic rings. The predicted octanol–water partition coefficient (Wildman–Crippen LogP) is 2.02. The van der Waals surface area contributed by atoms with Crippen molar-refractivity contribution in [3.63, 3.8) is 0 Å². The molecular weight excluding hydrogens is 267 g/mol. The van der Waals surface area contributed by atoms with Crippen molar-refractivity contribution in [2.45, 2.75) is 6.92 Å². The molecule has 1 rings (SSSR count). The van der Waals surface area contributed by atoms with Gasteiger partial charge in [0.15, 0.2) is 0 Å². The monoisotopic (exact) mass is 284 g/mol. The van der Waals surface area contributed by atoms with E-state index in [1.807, 2.05) is 0 Å². The number of hydrogen-bond acceptors (Lipinski definition) is 3. The van der Waals surface area contributed by atoms with Crippen molar-refractivity contribution >= 4 is 17.7 Å². The van der Waals surface area contributed by atoms with Gasteiger partial charge in [0.2, 0.25) is 0 Å². The summed E-state index contributed by atoms with van der Waals surface area (Å²) >= 11 is 0. The Balaban J connectivity index is 2.72. The van der Waals surface area contributed by atoms with Gasteiger partial charge < -0.3 is 20.1 Å². The lowest BCUT2D eigenvalue weighted by Crippen LogP contribution is -2.36. The third-order valence-corrected chi connectivity index (χ3v) is 2.73. The van der Waals surface area contributed by atoms with E-state index in [1.165, 1.54) is 44.2 Å². The first-order chi connectivity index (χ1) is 9.35. The molecule has 20 heavy (non-hydrogen) atoms. The minimum Gasteiger partial charge on any atom is -0.497 e.